The maximum absolute atomic E-state index is 12.4. The monoisotopic (exact) mass is 369 g/mol. The van der Waals surface area contributed by atoms with Crippen molar-refractivity contribution >= 4 is 12.0 Å². The van der Waals surface area contributed by atoms with Gasteiger partial charge in [-0.3, -0.25) is 4.79 Å². The van der Waals surface area contributed by atoms with Crippen LogP contribution in [0.15, 0.2) is 42.5 Å². The van der Waals surface area contributed by atoms with Crippen LogP contribution in [-0.2, 0) is 11.3 Å². The van der Waals surface area contributed by atoms with Crippen molar-refractivity contribution in [1.29, 1.82) is 0 Å². The molecular formula is C21H23NO5. The zero-order valence-corrected chi connectivity index (χ0v) is 15.7. The Bertz CT molecular complexity index is 846. The minimum atomic E-state index is -0.132. The van der Waals surface area contributed by atoms with Crippen LogP contribution in [0.4, 0.5) is 0 Å². The van der Waals surface area contributed by atoms with Gasteiger partial charge in [0.1, 0.15) is 0 Å². The predicted molar refractivity (Wildman–Crippen MR) is 102 cm³/mol. The van der Waals surface area contributed by atoms with Gasteiger partial charge in [0.05, 0.1) is 7.11 Å². The summed E-state index contributed by atoms with van der Waals surface area (Å²) in [6.45, 7) is 2.57. The molecule has 0 bridgehead atoms. The van der Waals surface area contributed by atoms with Gasteiger partial charge in [-0.2, -0.15) is 0 Å². The van der Waals surface area contributed by atoms with E-state index in [0.29, 0.717) is 23.8 Å². The smallest absolute Gasteiger partial charge is 0.260 e. The van der Waals surface area contributed by atoms with Gasteiger partial charge in [0, 0.05) is 13.6 Å². The third-order valence-electron chi connectivity index (χ3n) is 4.18. The molecule has 6 nitrogen and oxygen atoms in total. The normalized spacial score (nSPS) is 12.3. The van der Waals surface area contributed by atoms with Crippen LogP contribution in [0.5, 0.6) is 23.0 Å². The van der Waals surface area contributed by atoms with Crippen molar-refractivity contribution in [3.8, 4) is 23.0 Å². The molecule has 2 aromatic carbocycles. The Morgan fingerprint density at radius 3 is 2.74 bits per heavy atom. The average molecular weight is 369 g/mol. The molecule has 0 aliphatic carbocycles. The first-order chi connectivity index (χ1) is 13.1. The summed E-state index contributed by atoms with van der Waals surface area (Å²) in [7, 11) is 3.32. The number of benzene rings is 2. The van der Waals surface area contributed by atoms with Gasteiger partial charge in [0.25, 0.3) is 5.91 Å². The summed E-state index contributed by atoms with van der Waals surface area (Å²) in [4.78, 5) is 14.0. The maximum Gasteiger partial charge on any atom is 0.260 e. The number of fused-ring (bicyclic) bond motifs is 1. The van der Waals surface area contributed by atoms with Gasteiger partial charge < -0.3 is 23.8 Å². The zero-order valence-electron chi connectivity index (χ0n) is 15.7. The molecule has 0 fully saturated rings. The Morgan fingerprint density at radius 1 is 1.15 bits per heavy atom. The lowest BCUT2D eigenvalue weighted by atomic mass is 10.2. The highest BCUT2D eigenvalue weighted by Gasteiger charge is 2.16. The topological polar surface area (TPSA) is 57.2 Å². The number of amides is 1. The molecule has 0 N–H and O–H groups in total. The summed E-state index contributed by atoms with van der Waals surface area (Å²) in [5, 5.41) is 0. The SMILES string of the molecule is C/C=C/c1ccc(OCC(=O)N(C)Cc2ccc3c(c2)OCO3)c(OC)c1. The van der Waals surface area contributed by atoms with Crippen LogP contribution in [0.2, 0.25) is 0 Å². The molecule has 1 amide bonds. The van der Waals surface area contributed by atoms with Gasteiger partial charge in [-0.25, -0.2) is 0 Å². The molecule has 1 aliphatic heterocycles. The first-order valence-electron chi connectivity index (χ1n) is 8.66. The van der Waals surface area contributed by atoms with Gasteiger partial charge in [0.15, 0.2) is 29.6 Å². The maximum atomic E-state index is 12.4. The molecule has 27 heavy (non-hydrogen) atoms. The lowest BCUT2D eigenvalue weighted by molar-refractivity contribution is -0.132. The van der Waals surface area contributed by atoms with Crippen LogP contribution < -0.4 is 18.9 Å². The van der Waals surface area contributed by atoms with Crippen molar-refractivity contribution in [1.82, 2.24) is 4.90 Å². The Labute approximate surface area is 158 Å². The second-order valence-corrected chi connectivity index (χ2v) is 6.14. The highest BCUT2D eigenvalue weighted by atomic mass is 16.7. The van der Waals surface area contributed by atoms with Crippen LogP contribution in [0.3, 0.4) is 0 Å². The van der Waals surface area contributed by atoms with E-state index >= 15 is 0 Å². The summed E-state index contributed by atoms with van der Waals surface area (Å²) in [5.74, 6) is 2.43. The van der Waals surface area contributed by atoms with Gasteiger partial charge in [-0.05, 0) is 42.3 Å². The van der Waals surface area contributed by atoms with Crippen LogP contribution >= 0.6 is 0 Å². The number of hydrogen-bond donors (Lipinski definition) is 0. The molecule has 0 saturated carbocycles. The van der Waals surface area contributed by atoms with Gasteiger partial charge in [-0.1, -0.05) is 24.3 Å². The van der Waals surface area contributed by atoms with E-state index in [0.717, 1.165) is 16.9 Å². The Morgan fingerprint density at radius 2 is 1.96 bits per heavy atom. The zero-order chi connectivity index (χ0) is 19.2. The second-order valence-electron chi connectivity index (χ2n) is 6.14. The summed E-state index contributed by atoms with van der Waals surface area (Å²) in [5.41, 5.74) is 1.97. The van der Waals surface area contributed by atoms with Crippen molar-refractivity contribution in [3.05, 3.63) is 53.6 Å². The quantitative estimate of drug-likeness (QED) is 0.748. The molecule has 0 aromatic heterocycles. The van der Waals surface area contributed by atoms with E-state index < -0.39 is 0 Å². The number of rotatable bonds is 7. The van der Waals surface area contributed by atoms with E-state index in [1.807, 2.05) is 49.4 Å². The number of hydrogen-bond acceptors (Lipinski definition) is 5. The van der Waals surface area contributed by atoms with Crippen molar-refractivity contribution < 1.29 is 23.7 Å². The van der Waals surface area contributed by atoms with E-state index in [9.17, 15) is 4.79 Å². The Balaban J connectivity index is 1.58. The highest BCUT2D eigenvalue weighted by molar-refractivity contribution is 5.77. The first kappa shape index (κ1) is 18.6. The third-order valence-corrected chi connectivity index (χ3v) is 4.18. The fourth-order valence-electron chi connectivity index (χ4n) is 2.75. The van der Waals surface area contributed by atoms with Crippen molar-refractivity contribution in [3.63, 3.8) is 0 Å². The molecule has 6 heteroatoms. The molecule has 2 aromatic rings. The summed E-state index contributed by atoms with van der Waals surface area (Å²) in [6.07, 6.45) is 3.92. The number of allylic oxidation sites excluding steroid dienone is 1. The Kier molecular flexibility index (Phi) is 5.86. The van der Waals surface area contributed by atoms with Crippen LogP contribution in [0.25, 0.3) is 6.08 Å². The molecule has 0 saturated heterocycles. The number of carbonyl (C=O) groups is 1. The fraction of sp³-hybridized carbons (Fsp3) is 0.286. The highest BCUT2D eigenvalue weighted by Crippen LogP contribution is 2.33. The van der Waals surface area contributed by atoms with Crippen molar-refractivity contribution in [2.75, 3.05) is 27.6 Å². The Hall–Kier alpha value is -3.15. The molecule has 3 rings (SSSR count). The molecule has 0 radical (unpaired) electrons. The summed E-state index contributed by atoms with van der Waals surface area (Å²) in [6, 6.07) is 11.2. The van der Waals surface area contributed by atoms with Crippen LogP contribution in [0, 0.1) is 0 Å². The lowest BCUT2D eigenvalue weighted by Crippen LogP contribution is -2.31. The number of carbonyl (C=O) groups excluding carboxylic acids is 1. The van der Waals surface area contributed by atoms with Gasteiger partial charge in [-0.15, -0.1) is 0 Å². The average Bonchev–Trinajstić information content (AvgIpc) is 3.14. The number of likely N-dealkylation sites (N-methyl/N-ethyl adjacent to an activating group) is 1. The number of nitrogens with zero attached hydrogens (tertiary/aromatic N) is 1. The minimum absolute atomic E-state index is 0.0691. The first-order valence-corrected chi connectivity index (χ1v) is 8.66. The number of ether oxygens (including phenoxy) is 4. The fourth-order valence-corrected chi connectivity index (χ4v) is 2.75. The van der Waals surface area contributed by atoms with E-state index in [-0.39, 0.29) is 19.3 Å². The van der Waals surface area contributed by atoms with E-state index in [4.69, 9.17) is 18.9 Å². The van der Waals surface area contributed by atoms with Crippen molar-refractivity contribution in [2.24, 2.45) is 0 Å². The molecule has 0 atom stereocenters. The third kappa shape index (κ3) is 4.53. The molecular weight excluding hydrogens is 346 g/mol. The minimum Gasteiger partial charge on any atom is -0.493 e. The van der Waals surface area contributed by atoms with E-state index in [1.165, 1.54) is 0 Å². The van der Waals surface area contributed by atoms with E-state index in [1.54, 1.807) is 25.1 Å². The lowest BCUT2D eigenvalue weighted by Gasteiger charge is -2.18. The van der Waals surface area contributed by atoms with Gasteiger partial charge in [0.2, 0.25) is 6.79 Å². The summed E-state index contributed by atoms with van der Waals surface area (Å²) >= 11 is 0. The van der Waals surface area contributed by atoms with E-state index in [2.05, 4.69) is 0 Å². The molecule has 142 valence electrons. The van der Waals surface area contributed by atoms with Crippen molar-refractivity contribution in [2.45, 2.75) is 13.5 Å². The molecule has 1 heterocycles. The number of methoxy groups -OCH3 is 1. The summed E-state index contributed by atoms with van der Waals surface area (Å²) < 4.78 is 21.7. The van der Waals surface area contributed by atoms with Crippen LogP contribution in [0.1, 0.15) is 18.1 Å². The molecule has 0 unspecified atom stereocenters. The predicted octanol–water partition coefficient (Wildman–Crippen LogP) is 3.49. The van der Waals surface area contributed by atoms with Gasteiger partial charge >= 0.3 is 0 Å². The standard InChI is InChI=1S/C21H23NO5/c1-4-5-15-6-8-17(19(10-15)24-3)25-13-21(23)22(2)12-16-7-9-18-20(11-16)27-14-26-18/h4-11H,12-14H2,1-3H3/b5-4+. The largest absolute Gasteiger partial charge is 0.493 e. The second kappa shape index (κ2) is 8.49. The molecule has 1 aliphatic rings. The molecule has 0 spiro atoms. The van der Waals surface area contributed by atoms with Crippen LogP contribution in [-0.4, -0.2) is 38.4 Å².